The van der Waals surface area contributed by atoms with E-state index in [2.05, 4.69) is 101 Å². The summed E-state index contributed by atoms with van der Waals surface area (Å²) in [6.07, 6.45) is 11.5. The molecule has 1 fully saturated rings. The molecule has 0 aliphatic carbocycles. The summed E-state index contributed by atoms with van der Waals surface area (Å²) in [6, 6.07) is 31.3. The van der Waals surface area contributed by atoms with Gasteiger partial charge in [0.25, 0.3) is 16.0 Å². The van der Waals surface area contributed by atoms with Crippen molar-refractivity contribution < 1.29 is 32.1 Å². The van der Waals surface area contributed by atoms with Crippen molar-refractivity contribution in [1.82, 2.24) is 14.4 Å². The number of carbonyl (C=O) groups is 3. The third-order valence-electron chi connectivity index (χ3n) is 15.0. The number of methoxy groups -OCH3 is 1. The molecule has 1 aromatic heterocycles. The Balaban J connectivity index is 0.930. The Morgan fingerprint density at radius 3 is 2.20 bits per heavy atom. The Kier molecular flexibility index (Phi) is 16.4. The van der Waals surface area contributed by atoms with Gasteiger partial charge in [0.15, 0.2) is 0 Å². The number of piperazine rings is 1. The lowest BCUT2D eigenvalue weighted by Crippen LogP contribution is -2.51. The van der Waals surface area contributed by atoms with Crippen LogP contribution in [-0.4, -0.2) is 103 Å². The molecule has 8 rings (SSSR count). The van der Waals surface area contributed by atoms with Crippen LogP contribution in [-0.2, 0) is 43.4 Å². The molecule has 0 saturated carbocycles. The summed E-state index contributed by atoms with van der Waals surface area (Å²) in [7, 11) is -2.45. The lowest BCUT2D eigenvalue weighted by Gasteiger charge is -2.35. The van der Waals surface area contributed by atoms with E-state index >= 15 is 0 Å². The second-order valence-corrected chi connectivity index (χ2v) is 22.6. The molecule has 0 bridgehead atoms. The number of hydrogen-bond donors (Lipinski definition) is 1. The number of likely N-dealkylation sites (N-methyl/N-ethyl adjacent to an activating group) is 1. The second-order valence-electron chi connectivity index (χ2n) is 20.6. The summed E-state index contributed by atoms with van der Waals surface area (Å²) in [5.41, 5.74) is 9.33. The molecule has 5 aromatic carbocycles. The predicted octanol–water partition coefficient (Wildman–Crippen LogP) is 11.4. The summed E-state index contributed by atoms with van der Waals surface area (Å²) >= 11 is 6.12. The lowest BCUT2D eigenvalue weighted by atomic mass is 9.75. The van der Waals surface area contributed by atoms with Crippen LogP contribution >= 0.6 is 11.6 Å². The molecule has 2 amide bonds. The largest absolute Gasteiger partial charge is 0.497 e. The van der Waals surface area contributed by atoms with E-state index in [1.165, 1.54) is 5.56 Å². The van der Waals surface area contributed by atoms with Crippen LogP contribution < -0.4 is 9.64 Å². The quantitative estimate of drug-likeness (QED) is 0.0412. The number of anilines is 1. The highest BCUT2D eigenvalue weighted by Gasteiger charge is 2.40. The molecule has 0 unspecified atom stereocenters. The minimum Gasteiger partial charge on any atom is -0.497 e. The lowest BCUT2D eigenvalue weighted by molar-refractivity contribution is -0.138. The Bertz CT molecular complexity index is 3400. The fraction of sp³-hybridized carbons (Fsp3) is 0.344. The third-order valence-corrected chi connectivity index (χ3v) is 16.1. The number of ether oxygens (including phenoxy) is 1. The zero-order valence-corrected chi connectivity index (χ0v) is 45.9. The number of amides is 2. The van der Waals surface area contributed by atoms with Gasteiger partial charge in [0, 0.05) is 88.9 Å². The van der Waals surface area contributed by atoms with Crippen molar-refractivity contribution in [3.63, 3.8) is 0 Å². The molecular formula is C61H68ClN5O7S. The number of fused-ring (bicyclic) bond motifs is 3. The fourth-order valence-corrected chi connectivity index (χ4v) is 11.7. The number of aryl methyl sites for hydroxylation is 1. The molecule has 2 aliphatic heterocycles. The van der Waals surface area contributed by atoms with Gasteiger partial charge in [0.1, 0.15) is 5.75 Å². The average molecular weight is 1050 g/mol. The molecule has 0 spiro atoms. The van der Waals surface area contributed by atoms with Crippen molar-refractivity contribution in [3.05, 3.63) is 177 Å². The smallest absolute Gasteiger partial charge is 0.264 e. The Hall–Kier alpha value is -6.80. The molecule has 6 aromatic rings. The molecule has 12 nitrogen and oxygen atoms in total. The number of allylic oxidation sites excluding steroid dienone is 6. The van der Waals surface area contributed by atoms with E-state index < -0.39 is 15.5 Å². The number of aliphatic imine (C=N–C) groups is 1. The highest BCUT2D eigenvalue weighted by Crippen LogP contribution is 2.48. The van der Waals surface area contributed by atoms with Gasteiger partial charge in [-0.25, -0.2) is 0 Å². The van der Waals surface area contributed by atoms with Crippen LogP contribution in [0.1, 0.15) is 91.3 Å². The standard InChI is InChI=1S/C61H68ClN5O7S/c1-9-66-53-29-22-43(38-56(68)64-32-34-65(35-33-64)57(69)40-49-42(3)67(52-30-28-47(74-8)39-50(49)52)59(70)45-24-26-46(62)27-25-45)37-51(53)60(4,5)55(66)20-12-10-11-19-54(63-31-15-16-36-75(71,72)73)61(6,7)58-41(2)21-23-44-17-13-14-18-48(44)58/h10-14,17-30,37,39H,9,15-16,31-36,38,40H2,1-8H3,(H,71,72,73)/b12-10+,19-11+,55-20+,63-54+. The summed E-state index contributed by atoms with van der Waals surface area (Å²) < 4.78 is 39.2. The normalized spacial score (nSPS) is 15.8. The zero-order valence-electron chi connectivity index (χ0n) is 44.3. The number of benzene rings is 5. The van der Waals surface area contributed by atoms with Gasteiger partial charge in [-0.15, -0.1) is 0 Å². The van der Waals surface area contributed by atoms with Gasteiger partial charge < -0.3 is 19.4 Å². The van der Waals surface area contributed by atoms with Crippen molar-refractivity contribution in [2.75, 3.05) is 57.0 Å². The minimum atomic E-state index is -4.04. The van der Waals surface area contributed by atoms with E-state index in [0.29, 0.717) is 73.1 Å². The predicted molar refractivity (Wildman–Crippen MR) is 303 cm³/mol. The minimum absolute atomic E-state index is 0.0159. The Morgan fingerprint density at radius 1 is 0.827 bits per heavy atom. The first-order valence-corrected chi connectivity index (χ1v) is 27.7. The van der Waals surface area contributed by atoms with Crippen molar-refractivity contribution in [2.45, 2.75) is 85.0 Å². The number of aromatic nitrogens is 1. The van der Waals surface area contributed by atoms with E-state index in [-0.39, 0.29) is 41.7 Å². The molecule has 1 saturated heterocycles. The maximum atomic E-state index is 14.0. The molecule has 14 heteroatoms. The SMILES string of the molecule is CCN1/C(=C/C=C/C=C/C(=N\CCCCS(=O)(=O)O)C(C)(C)c2c(C)ccc3ccccc23)C(C)(C)c2cc(CC(=O)N3CCN(C(=O)Cc4c(C)n(C(=O)c5ccc(Cl)cc5)c5ccc(OC)cc45)CC3)ccc21. The second kappa shape index (κ2) is 22.6. The number of hydrogen-bond acceptors (Lipinski definition) is 8. The van der Waals surface area contributed by atoms with Crippen LogP contribution in [0, 0.1) is 13.8 Å². The molecule has 75 heavy (non-hydrogen) atoms. The number of halogens is 1. The summed E-state index contributed by atoms with van der Waals surface area (Å²) in [5.74, 6) is 0.0682. The highest BCUT2D eigenvalue weighted by molar-refractivity contribution is 7.85. The molecule has 2 aliphatic rings. The molecule has 0 atom stereocenters. The number of carbonyl (C=O) groups excluding carboxylic acids is 3. The molecule has 1 N–H and O–H groups in total. The average Bonchev–Trinajstić information content (AvgIpc) is 3.78. The monoisotopic (exact) mass is 1050 g/mol. The van der Waals surface area contributed by atoms with Gasteiger partial charge in [-0.2, -0.15) is 8.42 Å². The first-order valence-electron chi connectivity index (χ1n) is 25.7. The maximum Gasteiger partial charge on any atom is 0.264 e. The number of unbranched alkanes of at least 4 members (excludes halogenated alkanes) is 1. The molecular weight excluding hydrogens is 982 g/mol. The van der Waals surface area contributed by atoms with E-state index in [0.717, 1.165) is 62.1 Å². The Labute approximate surface area is 446 Å². The van der Waals surface area contributed by atoms with E-state index in [1.807, 2.05) is 65.3 Å². The first-order chi connectivity index (χ1) is 35.7. The van der Waals surface area contributed by atoms with Gasteiger partial charge in [0.2, 0.25) is 11.8 Å². The van der Waals surface area contributed by atoms with E-state index in [4.69, 9.17) is 21.3 Å². The van der Waals surface area contributed by atoms with E-state index in [1.54, 1.807) is 35.9 Å². The molecule has 392 valence electrons. The Morgan fingerprint density at radius 2 is 1.52 bits per heavy atom. The number of nitrogens with zero attached hydrogens (tertiary/aromatic N) is 5. The number of rotatable bonds is 17. The molecule has 3 heterocycles. The molecule has 0 radical (unpaired) electrons. The van der Waals surface area contributed by atoms with Gasteiger partial charge in [0.05, 0.1) is 31.2 Å². The van der Waals surface area contributed by atoms with Gasteiger partial charge in [-0.3, -0.25) is 28.5 Å². The summed E-state index contributed by atoms with van der Waals surface area (Å²) in [4.78, 5) is 52.8. The fourth-order valence-electron chi connectivity index (χ4n) is 11.0. The summed E-state index contributed by atoms with van der Waals surface area (Å²) in [6.45, 7) is 17.8. The van der Waals surface area contributed by atoms with Crippen LogP contribution in [0.15, 0.2) is 138 Å². The van der Waals surface area contributed by atoms with Crippen molar-refractivity contribution in [1.29, 1.82) is 0 Å². The first kappa shape index (κ1) is 54.5. The van der Waals surface area contributed by atoms with Gasteiger partial charge >= 0.3 is 0 Å². The van der Waals surface area contributed by atoms with Crippen LogP contribution in [0.2, 0.25) is 5.02 Å². The maximum absolute atomic E-state index is 14.0. The van der Waals surface area contributed by atoms with Crippen molar-refractivity contribution in [2.24, 2.45) is 4.99 Å². The van der Waals surface area contributed by atoms with Crippen molar-refractivity contribution >= 4 is 72.5 Å². The summed E-state index contributed by atoms with van der Waals surface area (Å²) in [5, 5.41) is 3.62. The van der Waals surface area contributed by atoms with Gasteiger partial charge in [-0.05, 0) is 133 Å². The topological polar surface area (TPSA) is 142 Å². The van der Waals surface area contributed by atoms with Crippen LogP contribution in [0.4, 0.5) is 5.69 Å². The zero-order chi connectivity index (χ0) is 53.8. The van der Waals surface area contributed by atoms with Crippen molar-refractivity contribution in [3.8, 4) is 5.75 Å². The van der Waals surface area contributed by atoms with Crippen LogP contribution in [0.25, 0.3) is 21.7 Å². The van der Waals surface area contributed by atoms with Crippen LogP contribution in [0.3, 0.4) is 0 Å². The highest BCUT2D eigenvalue weighted by atomic mass is 35.5. The third kappa shape index (κ3) is 11.7. The van der Waals surface area contributed by atoms with Crippen LogP contribution in [0.5, 0.6) is 5.75 Å². The van der Waals surface area contributed by atoms with Gasteiger partial charge in [-0.1, -0.05) is 106 Å². The van der Waals surface area contributed by atoms with E-state index in [9.17, 15) is 27.4 Å².